The number of carbonyl (C=O) groups excluding carboxylic acids is 2. The summed E-state index contributed by atoms with van der Waals surface area (Å²) in [7, 11) is 0. The van der Waals surface area contributed by atoms with E-state index in [0.29, 0.717) is 12.3 Å². The van der Waals surface area contributed by atoms with E-state index in [-0.39, 0.29) is 11.9 Å². The summed E-state index contributed by atoms with van der Waals surface area (Å²) in [4.78, 5) is 23.2. The molecule has 0 aromatic rings. The molecule has 0 aliphatic carbocycles. The molecule has 2 amide bonds. The van der Waals surface area contributed by atoms with E-state index in [1.807, 2.05) is 13.8 Å². The molecule has 1 fully saturated rings. The number of nitrogens with two attached hydrogens (primary N) is 1. The minimum atomic E-state index is -0.579. The molecule has 2 atom stereocenters. The van der Waals surface area contributed by atoms with Crippen LogP contribution in [0.25, 0.3) is 0 Å². The van der Waals surface area contributed by atoms with Gasteiger partial charge >= 0.3 is 0 Å². The quantitative estimate of drug-likeness (QED) is 0.622. The van der Waals surface area contributed by atoms with Crippen LogP contribution in [0.5, 0.6) is 0 Å². The predicted molar refractivity (Wildman–Crippen MR) is 69.3 cm³/mol. The summed E-state index contributed by atoms with van der Waals surface area (Å²) in [5.74, 6) is -0.318. The Morgan fingerprint density at radius 1 is 1.53 bits per heavy atom. The van der Waals surface area contributed by atoms with Gasteiger partial charge in [-0.25, -0.2) is 4.31 Å². The summed E-state index contributed by atoms with van der Waals surface area (Å²) in [6, 6.07) is -0.822. The van der Waals surface area contributed by atoms with Crippen LogP contribution in [0.1, 0.15) is 33.1 Å². The van der Waals surface area contributed by atoms with Gasteiger partial charge in [-0.2, -0.15) is 0 Å². The van der Waals surface area contributed by atoms with E-state index < -0.39 is 11.9 Å². The van der Waals surface area contributed by atoms with Crippen LogP contribution in [-0.2, 0) is 9.59 Å². The second-order valence-electron chi connectivity index (χ2n) is 4.91. The minimum absolute atomic E-state index is 0.151. The van der Waals surface area contributed by atoms with E-state index in [0.717, 1.165) is 19.4 Å². The number of primary amides is 1. The fourth-order valence-corrected chi connectivity index (χ4v) is 2.37. The lowest BCUT2D eigenvalue weighted by Crippen LogP contribution is -2.50. The van der Waals surface area contributed by atoms with Crippen molar-refractivity contribution in [3.8, 4) is 0 Å². The zero-order valence-electron chi connectivity index (χ0n) is 10.3. The average molecular weight is 259 g/mol. The van der Waals surface area contributed by atoms with E-state index in [4.69, 9.17) is 5.73 Å². The van der Waals surface area contributed by atoms with Crippen LogP contribution < -0.4 is 11.1 Å². The molecule has 5 nitrogen and oxygen atoms in total. The molecule has 17 heavy (non-hydrogen) atoms. The Balaban J connectivity index is 2.54. The molecule has 6 heteroatoms. The number of carbonyl (C=O) groups is 2. The van der Waals surface area contributed by atoms with Crippen LogP contribution in [-0.4, -0.2) is 34.7 Å². The smallest absolute Gasteiger partial charge is 0.240 e. The highest BCUT2D eigenvalue weighted by molar-refractivity contribution is 7.77. The van der Waals surface area contributed by atoms with Crippen molar-refractivity contribution in [1.82, 2.24) is 9.62 Å². The Bertz CT molecular complexity index is 296. The number of rotatable bonds is 5. The van der Waals surface area contributed by atoms with Crippen molar-refractivity contribution < 1.29 is 9.59 Å². The van der Waals surface area contributed by atoms with E-state index in [9.17, 15) is 9.59 Å². The zero-order valence-corrected chi connectivity index (χ0v) is 11.2. The Labute approximate surface area is 108 Å². The van der Waals surface area contributed by atoms with Gasteiger partial charge in [0, 0.05) is 6.54 Å². The Kier molecular flexibility index (Phi) is 5.27. The zero-order chi connectivity index (χ0) is 13.0. The lowest BCUT2D eigenvalue weighted by Gasteiger charge is -2.22. The molecule has 1 aliphatic rings. The number of hydrogen-bond acceptors (Lipinski definition) is 4. The Morgan fingerprint density at radius 2 is 2.18 bits per heavy atom. The normalized spacial score (nSPS) is 22.7. The molecule has 1 aliphatic heterocycles. The molecule has 0 aromatic heterocycles. The van der Waals surface area contributed by atoms with Gasteiger partial charge in [0.05, 0.1) is 6.04 Å². The van der Waals surface area contributed by atoms with Gasteiger partial charge in [-0.1, -0.05) is 26.7 Å². The topological polar surface area (TPSA) is 75.4 Å². The molecule has 0 spiro atoms. The summed E-state index contributed by atoms with van der Waals surface area (Å²) in [5.41, 5.74) is 5.28. The number of amides is 2. The van der Waals surface area contributed by atoms with Gasteiger partial charge in [0.2, 0.25) is 11.8 Å². The summed E-state index contributed by atoms with van der Waals surface area (Å²) < 4.78 is 1.71. The lowest BCUT2D eigenvalue weighted by molar-refractivity contribution is -0.129. The van der Waals surface area contributed by atoms with E-state index in [1.54, 1.807) is 4.31 Å². The maximum Gasteiger partial charge on any atom is 0.240 e. The first kappa shape index (κ1) is 14.3. The molecule has 2 unspecified atom stereocenters. The van der Waals surface area contributed by atoms with Crippen LogP contribution in [0.15, 0.2) is 0 Å². The molecule has 0 radical (unpaired) electrons. The van der Waals surface area contributed by atoms with Gasteiger partial charge in [-0.15, -0.1) is 0 Å². The summed E-state index contributed by atoms with van der Waals surface area (Å²) in [6.45, 7) is 4.78. The number of nitrogens with zero attached hydrogens (tertiary/aromatic N) is 1. The van der Waals surface area contributed by atoms with Crippen molar-refractivity contribution in [3.05, 3.63) is 0 Å². The number of nitrogens with one attached hydrogen (secondary N) is 1. The Hall–Kier alpha value is -0.750. The van der Waals surface area contributed by atoms with Gasteiger partial charge in [0.25, 0.3) is 0 Å². The second kappa shape index (κ2) is 6.26. The minimum Gasteiger partial charge on any atom is -0.368 e. The molecule has 0 bridgehead atoms. The average Bonchev–Trinajstić information content (AvgIpc) is 2.62. The van der Waals surface area contributed by atoms with Gasteiger partial charge in [-0.3, -0.25) is 9.59 Å². The van der Waals surface area contributed by atoms with E-state index in [1.165, 1.54) is 0 Å². The first-order valence-electron chi connectivity index (χ1n) is 5.97. The van der Waals surface area contributed by atoms with Crippen molar-refractivity contribution >= 4 is 24.6 Å². The monoisotopic (exact) mass is 259 g/mol. The molecule has 3 N–H and O–H groups in total. The maximum atomic E-state index is 11.9. The lowest BCUT2D eigenvalue weighted by atomic mass is 10.0. The van der Waals surface area contributed by atoms with Gasteiger partial charge in [0.1, 0.15) is 6.04 Å². The fourth-order valence-electron chi connectivity index (χ4n) is 2.00. The molecule has 1 rings (SSSR count). The summed E-state index contributed by atoms with van der Waals surface area (Å²) >= 11 is 4.23. The predicted octanol–water partition coefficient (Wildman–Crippen LogP) is 0.312. The van der Waals surface area contributed by atoms with E-state index in [2.05, 4.69) is 18.1 Å². The van der Waals surface area contributed by atoms with E-state index >= 15 is 0 Å². The van der Waals surface area contributed by atoms with Gasteiger partial charge in [0.15, 0.2) is 0 Å². The highest BCUT2D eigenvalue weighted by atomic mass is 32.1. The molecule has 98 valence electrons. The SMILES string of the molecule is CC(C)CC(NC(=O)C1CCCN1S)C(N)=O. The van der Waals surface area contributed by atoms with Gasteiger partial charge in [-0.05, 0) is 25.2 Å². The summed E-state index contributed by atoms with van der Waals surface area (Å²) in [5, 5.41) is 2.72. The van der Waals surface area contributed by atoms with Crippen molar-refractivity contribution in [2.45, 2.75) is 45.2 Å². The third-order valence-electron chi connectivity index (χ3n) is 2.89. The molecular formula is C11H21N3O2S. The van der Waals surface area contributed by atoms with Crippen molar-refractivity contribution in [3.63, 3.8) is 0 Å². The van der Waals surface area contributed by atoms with Crippen molar-refractivity contribution in [2.24, 2.45) is 11.7 Å². The third kappa shape index (κ3) is 4.20. The Morgan fingerprint density at radius 3 is 2.59 bits per heavy atom. The number of hydrogen-bond donors (Lipinski definition) is 3. The fraction of sp³-hybridized carbons (Fsp3) is 0.818. The standard InChI is InChI=1S/C11H21N3O2S/c1-7(2)6-8(10(12)15)13-11(16)9-4-3-5-14(9)17/h7-9,17H,3-6H2,1-2H3,(H2,12,15)(H,13,16). The van der Waals surface area contributed by atoms with Crippen molar-refractivity contribution in [2.75, 3.05) is 6.54 Å². The largest absolute Gasteiger partial charge is 0.368 e. The highest BCUT2D eigenvalue weighted by Gasteiger charge is 2.31. The van der Waals surface area contributed by atoms with Crippen LogP contribution >= 0.6 is 12.8 Å². The molecular weight excluding hydrogens is 238 g/mol. The van der Waals surface area contributed by atoms with Crippen LogP contribution in [0.2, 0.25) is 0 Å². The van der Waals surface area contributed by atoms with Gasteiger partial charge < -0.3 is 11.1 Å². The molecule has 0 aromatic carbocycles. The molecule has 0 saturated carbocycles. The maximum absolute atomic E-state index is 11.9. The summed E-state index contributed by atoms with van der Waals surface area (Å²) in [6.07, 6.45) is 2.30. The van der Waals surface area contributed by atoms with Crippen LogP contribution in [0, 0.1) is 5.92 Å². The third-order valence-corrected chi connectivity index (χ3v) is 3.37. The first-order valence-corrected chi connectivity index (χ1v) is 6.37. The molecule has 1 heterocycles. The first-order chi connectivity index (χ1) is 7.91. The second-order valence-corrected chi connectivity index (χ2v) is 5.43. The van der Waals surface area contributed by atoms with Crippen LogP contribution in [0.3, 0.4) is 0 Å². The highest BCUT2D eigenvalue weighted by Crippen LogP contribution is 2.19. The molecule has 1 saturated heterocycles. The number of thiol groups is 1. The van der Waals surface area contributed by atoms with Crippen LogP contribution in [0.4, 0.5) is 0 Å². The van der Waals surface area contributed by atoms with Crippen molar-refractivity contribution in [1.29, 1.82) is 0 Å².